The Morgan fingerprint density at radius 3 is 0.978 bits per heavy atom. The van der Waals surface area contributed by atoms with Crippen LogP contribution >= 0.6 is 0 Å². The normalized spacial score (nSPS) is 17.0. The third-order valence-electron chi connectivity index (χ3n) is 22.0. The average Bonchev–Trinajstić information content (AvgIpc) is 1.29. The molecule has 4 fully saturated rings. The van der Waals surface area contributed by atoms with Crippen molar-refractivity contribution in [2.45, 2.75) is 181 Å². The van der Waals surface area contributed by atoms with E-state index in [1.807, 2.05) is 185 Å². The second-order valence-corrected chi connectivity index (χ2v) is 42.5. The molecule has 40 heteroatoms. The molecular formula is C99H212N10O30. The number of quaternary nitrogens is 9. The van der Waals surface area contributed by atoms with E-state index in [1.54, 1.807) is 14.2 Å². The summed E-state index contributed by atoms with van der Waals surface area (Å²) in [5.74, 6) is 2.18. The molecule has 4 aliphatic heterocycles. The van der Waals surface area contributed by atoms with E-state index in [2.05, 4.69) is 94.3 Å². The summed E-state index contributed by atoms with van der Waals surface area (Å²) >= 11 is 0. The van der Waals surface area contributed by atoms with Gasteiger partial charge in [0.1, 0.15) is 166 Å². The Balaban J connectivity index is -0.000000147. The molecule has 4 aliphatic rings. The van der Waals surface area contributed by atoms with Crippen LogP contribution in [0.3, 0.4) is 0 Å². The minimum Gasteiger partial charge on any atom is -0.870 e. The van der Waals surface area contributed by atoms with Crippen molar-refractivity contribution in [2.75, 3.05) is 357 Å². The summed E-state index contributed by atoms with van der Waals surface area (Å²) in [7, 11) is 38.6. The van der Waals surface area contributed by atoms with Crippen molar-refractivity contribution in [3.8, 4) is 17.2 Å². The highest BCUT2D eigenvalue weighted by atomic mass is 16.5. The Kier molecular flexibility index (Phi) is 95.7. The third-order valence-corrected chi connectivity index (χ3v) is 22.0. The molecule has 0 bridgehead atoms. The lowest BCUT2D eigenvalue weighted by atomic mass is 10.2. The van der Waals surface area contributed by atoms with Crippen molar-refractivity contribution in [3.63, 3.8) is 0 Å². The van der Waals surface area contributed by atoms with E-state index in [4.69, 9.17) is 62.7 Å². The van der Waals surface area contributed by atoms with Gasteiger partial charge in [0.25, 0.3) is 0 Å². The summed E-state index contributed by atoms with van der Waals surface area (Å²) in [5, 5.41) is 104. The lowest BCUT2D eigenvalue weighted by molar-refractivity contribution is -0.919. The fourth-order valence-electron chi connectivity index (χ4n) is 15.5. The maximum Gasteiger partial charge on any atom is 0.161 e. The Labute approximate surface area is 840 Å². The molecule has 0 aromatic heterocycles. The van der Waals surface area contributed by atoms with Crippen LogP contribution in [0.25, 0.3) is 0 Å². The molecule has 9 unspecified atom stereocenters. The molecular weight excluding hydrogens is 1810 g/mol. The minimum atomic E-state index is -0.635. The first-order valence-corrected chi connectivity index (χ1v) is 47.9. The highest BCUT2D eigenvalue weighted by Crippen LogP contribution is 2.27. The van der Waals surface area contributed by atoms with Gasteiger partial charge in [0.05, 0.1) is 256 Å². The Morgan fingerprint density at radius 1 is 0.353 bits per heavy atom. The molecule has 4 heterocycles. The Bertz CT molecular complexity index is 3130. The topological polar surface area (TPSA) is 588 Å². The molecule has 20 N–H and O–H groups in total. The quantitative estimate of drug-likeness (QED) is 0.0361. The maximum atomic E-state index is 10.2. The summed E-state index contributed by atoms with van der Waals surface area (Å²) in [6.07, 6.45) is 1.85. The van der Waals surface area contributed by atoms with E-state index in [-0.39, 0.29) is 130 Å². The number of nitrogens with zero attached hydrogens (tertiary/aromatic N) is 10. The molecule has 3 aromatic rings. The predicted molar refractivity (Wildman–Crippen MR) is 541 cm³/mol. The van der Waals surface area contributed by atoms with E-state index in [1.165, 1.54) is 31.5 Å². The van der Waals surface area contributed by atoms with Crippen LogP contribution in [0, 0.1) is 0 Å². The van der Waals surface area contributed by atoms with Gasteiger partial charge >= 0.3 is 0 Å². The SMILES string of the molecule is CC(C)OCC(O)C[N+](C)(C)C.CC(C)OCC(O)C[N+]1(C)CCN(C)CC1.CC(C)OCC(O)C[N+]1(C)CCOCC1.CCC[N+](C)(CCC)CC(O)COC(C)C.COCC(O)C[N+](C)(C)C.COc1ccccc1OCC(O)C[N+]1(C)CCOCC1.C[N+](C)(C)CC(O)CO.C[N+](C)(Cc1ccccc1)CC(O)CO.C[N+]1(CC(O)COc2ccccc2)CCCC1.[OH-].[OH-].[OH-].[OH-].[OH-].[OH-].[OH-].[OH-].[OH-]. The largest absolute Gasteiger partial charge is 0.870 e. The highest BCUT2D eigenvalue weighted by Gasteiger charge is 2.34. The van der Waals surface area contributed by atoms with Gasteiger partial charge < -0.3 is 193 Å². The number of ether oxygens (including phenoxy) is 10. The number of hydrogen-bond acceptors (Lipinski definition) is 31. The number of rotatable bonds is 47. The van der Waals surface area contributed by atoms with E-state index >= 15 is 0 Å². The van der Waals surface area contributed by atoms with Crippen molar-refractivity contribution in [1.29, 1.82) is 0 Å². The monoisotopic (exact) mass is 2020 g/mol. The van der Waals surface area contributed by atoms with E-state index in [0.717, 1.165) is 188 Å². The van der Waals surface area contributed by atoms with Crippen LogP contribution in [0.5, 0.6) is 17.2 Å². The zero-order valence-corrected chi connectivity index (χ0v) is 91.7. The number of likely N-dealkylation sites (N-methyl/N-ethyl adjacent to an activating group) is 10. The maximum absolute atomic E-state index is 10.2. The number of morpholine rings is 2. The lowest BCUT2D eigenvalue weighted by Gasteiger charge is -2.42. The van der Waals surface area contributed by atoms with Crippen LogP contribution in [0.1, 0.15) is 100 Å². The van der Waals surface area contributed by atoms with Crippen LogP contribution < -0.4 is 14.2 Å². The van der Waals surface area contributed by atoms with Crippen LogP contribution in [0.4, 0.5) is 0 Å². The molecule has 0 saturated carbocycles. The summed E-state index contributed by atoms with van der Waals surface area (Å²) < 4.78 is 61.0. The number of benzene rings is 3. The number of aliphatic hydroxyl groups is 11. The van der Waals surface area contributed by atoms with Crippen molar-refractivity contribution in [2.24, 2.45) is 0 Å². The van der Waals surface area contributed by atoms with E-state index < -0.39 is 18.3 Å². The zero-order chi connectivity index (χ0) is 99.4. The fraction of sp³-hybridized carbons (Fsp3) is 0.818. The zero-order valence-electron chi connectivity index (χ0n) is 91.7. The first-order chi connectivity index (χ1) is 60.4. The van der Waals surface area contributed by atoms with Crippen LogP contribution in [-0.2, 0) is 39.7 Å². The first-order valence-electron chi connectivity index (χ1n) is 47.9. The second-order valence-electron chi connectivity index (χ2n) is 42.5. The van der Waals surface area contributed by atoms with Crippen molar-refractivity contribution in [3.05, 3.63) is 90.5 Å². The molecule has 7 rings (SSSR count). The van der Waals surface area contributed by atoms with Gasteiger partial charge in [0.15, 0.2) is 11.5 Å². The number of para-hydroxylation sites is 3. The Morgan fingerprint density at radius 2 is 0.647 bits per heavy atom. The van der Waals surface area contributed by atoms with Crippen LogP contribution in [0.2, 0.25) is 0 Å². The van der Waals surface area contributed by atoms with Gasteiger partial charge in [-0.1, -0.05) is 74.5 Å². The summed E-state index contributed by atoms with van der Waals surface area (Å²) in [5.41, 5.74) is 1.24. The summed E-state index contributed by atoms with van der Waals surface area (Å²) in [6.45, 7) is 46.3. The summed E-state index contributed by atoms with van der Waals surface area (Å²) in [6, 6.07) is 27.3. The molecule has 40 nitrogen and oxygen atoms in total. The second kappa shape index (κ2) is 84.6. The highest BCUT2D eigenvalue weighted by molar-refractivity contribution is 5.39. The number of hydrogen-bond donors (Lipinski definition) is 11. The van der Waals surface area contributed by atoms with E-state index in [9.17, 15) is 40.9 Å². The Hall–Kier alpha value is -4.42. The molecule has 838 valence electrons. The van der Waals surface area contributed by atoms with Crippen LogP contribution in [-0.4, -0.2) is 587 Å². The number of aliphatic hydroxyl groups excluding tert-OH is 11. The third kappa shape index (κ3) is 89.7. The molecule has 3 aromatic carbocycles. The van der Waals surface area contributed by atoms with Gasteiger partial charge in [-0.2, -0.15) is 0 Å². The minimum absolute atomic E-state index is 0. The number of likely N-dealkylation sites (tertiary alicyclic amines) is 1. The average molecular weight is 2020 g/mol. The predicted octanol–water partition coefficient (Wildman–Crippen LogP) is 3.28. The van der Waals surface area contributed by atoms with Crippen LogP contribution in [0.15, 0.2) is 84.9 Å². The van der Waals surface area contributed by atoms with Gasteiger partial charge in [-0.15, -0.1) is 0 Å². The molecule has 4 saturated heterocycles. The standard InChI is InChI=1S/C15H24NO4.C14H22NO2.C13H30NO2.C12H27N2O2.C12H20NO2.C11H24NO3.C9H22NO2.C7H18NO2.C6H16NO2.9H2O/c1-16(7-9-19-10-8-16)11-13(17)12-20-15-6-4-3-5-14(15)18-2;1-15(9-5-6-10-15)11-13(16)12-17-14-7-3-2-4-8-14;1-6-8-14(5,9-7-2)10-13(15)11-16-12(3)4;1-11(2)16-10-12(15)9-14(4)7-5-13(3)6-8-14;1-13(2,9-12(15)10-14)8-11-6-4-3-5-7-11;1-10(2)15-9-11(13)8-12(3)4-6-14-7-5-12;1-8(2)12-7-9(11)6-10(3,4)5;1-8(2,3)5-7(9)6-10-4;1-7(2,3)4-6(9)5-8;;;;;;;;;/h3-6,13,17H,7-12H2,1-2H3;2-4,7-8,13,16H,5-6,9-12H2,1H3;12-13,15H,6-11H2,1-5H3;11-12,15H,5-10H2,1-4H3;3-7,12,14-15H,8-10H2,1-2H3;10-11,13H,4-9H2,1-3H3;8-9,11H,6-7H2,1-5H3;7,9H,5-6H2,1-4H3;6,8-9H,4-5H2,1-3H3;9*1H2/q9*+1;;;;;;;;;/p-9. The molecule has 139 heavy (non-hydrogen) atoms. The number of methoxy groups -OCH3 is 2. The smallest absolute Gasteiger partial charge is 0.161 e. The fourth-order valence-corrected chi connectivity index (χ4v) is 15.5. The van der Waals surface area contributed by atoms with Gasteiger partial charge in [0.2, 0.25) is 0 Å². The molecule has 0 aliphatic carbocycles. The molecule has 0 radical (unpaired) electrons. The van der Waals surface area contributed by atoms with Gasteiger partial charge in [0, 0.05) is 38.6 Å². The van der Waals surface area contributed by atoms with Crippen molar-refractivity contribution in [1.82, 2.24) is 4.90 Å². The summed E-state index contributed by atoms with van der Waals surface area (Å²) in [4.78, 5) is 2.34. The first kappa shape index (κ1) is 157. The van der Waals surface area contributed by atoms with Crippen molar-refractivity contribution >= 4 is 0 Å². The van der Waals surface area contributed by atoms with Gasteiger partial charge in [-0.3, -0.25) is 4.90 Å². The van der Waals surface area contributed by atoms with E-state index in [0.29, 0.717) is 79.7 Å². The van der Waals surface area contributed by atoms with Gasteiger partial charge in [-0.05, 0) is 99.5 Å². The van der Waals surface area contributed by atoms with Gasteiger partial charge in [-0.25, -0.2) is 0 Å². The lowest BCUT2D eigenvalue weighted by Crippen LogP contribution is -2.59. The van der Waals surface area contributed by atoms with Crippen molar-refractivity contribution < 1.29 is 193 Å². The molecule has 9 atom stereocenters. The molecule has 0 spiro atoms. The molecule has 0 amide bonds. The number of piperazine rings is 1.